The number of rotatable bonds is 4. The maximum atomic E-state index is 10.6. The Morgan fingerprint density at radius 3 is 2.62 bits per heavy atom. The van der Waals surface area contributed by atoms with Gasteiger partial charge in [-0.2, -0.15) is 5.10 Å². The number of nitrogens with two attached hydrogens (primary N) is 1. The number of H-pyrrole nitrogens is 1. The number of carbonyl (C=O) groups excluding carboxylic acids is 1. The van der Waals surface area contributed by atoms with Crippen LogP contribution in [-0.2, 0) is 4.79 Å². The van der Waals surface area contributed by atoms with Gasteiger partial charge in [0.2, 0.25) is 5.91 Å². The van der Waals surface area contributed by atoms with Crippen LogP contribution in [0.4, 0.5) is 0 Å². The zero-order chi connectivity index (χ0) is 11.4. The van der Waals surface area contributed by atoms with Crippen molar-refractivity contribution in [2.24, 2.45) is 5.73 Å². The molecule has 0 spiro atoms. The first-order chi connectivity index (χ1) is 7.75. The number of aromatic nitrogens is 2. The molecule has 4 nitrogen and oxygen atoms in total. The molecule has 0 saturated carbocycles. The molecule has 82 valence electrons. The van der Waals surface area contributed by atoms with Crippen LogP contribution in [0.5, 0.6) is 0 Å². The summed E-state index contributed by atoms with van der Waals surface area (Å²) in [6.45, 7) is 0. The average molecular weight is 233 g/mol. The fourth-order valence-electron chi connectivity index (χ4n) is 1.30. The van der Waals surface area contributed by atoms with E-state index < -0.39 is 0 Å². The molecule has 0 aliphatic rings. The molecule has 2 aromatic rings. The lowest BCUT2D eigenvalue weighted by Crippen LogP contribution is -2.12. The molecule has 0 fully saturated rings. The van der Waals surface area contributed by atoms with Crippen molar-refractivity contribution in [2.45, 2.75) is 4.90 Å². The Morgan fingerprint density at radius 2 is 2.06 bits per heavy atom. The second-order valence-electron chi connectivity index (χ2n) is 3.25. The minimum atomic E-state index is -0.303. The predicted octanol–water partition coefficient (Wildman–Crippen LogP) is 1.65. The third kappa shape index (κ3) is 2.64. The number of benzene rings is 1. The Kier molecular flexibility index (Phi) is 3.26. The molecule has 0 saturated heterocycles. The summed E-state index contributed by atoms with van der Waals surface area (Å²) in [5.74, 6) is 0.00583. The van der Waals surface area contributed by atoms with Gasteiger partial charge >= 0.3 is 0 Å². The first-order valence-electron chi connectivity index (χ1n) is 4.76. The molecule has 0 bridgehead atoms. The summed E-state index contributed by atoms with van der Waals surface area (Å²) >= 11 is 1.43. The molecule has 0 atom stereocenters. The SMILES string of the molecule is NC(=O)CSc1ccc(-c2ccn[nH]2)cc1. The highest BCUT2D eigenvalue weighted by atomic mass is 32.2. The van der Waals surface area contributed by atoms with Crippen LogP contribution in [0.3, 0.4) is 0 Å². The van der Waals surface area contributed by atoms with E-state index >= 15 is 0 Å². The number of carbonyl (C=O) groups is 1. The molecule has 1 aromatic carbocycles. The van der Waals surface area contributed by atoms with Gasteiger partial charge in [-0.25, -0.2) is 0 Å². The number of hydrogen-bond acceptors (Lipinski definition) is 3. The maximum absolute atomic E-state index is 10.6. The van der Waals surface area contributed by atoms with Gasteiger partial charge in [-0.3, -0.25) is 9.89 Å². The molecule has 1 heterocycles. The van der Waals surface area contributed by atoms with Gasteiger partial charge < -0.3 is 5.73 Å². The molecule has 0 aliphatic carbocycles. The summed E-state index contributed by atoms with van der Waals surface area (Å²) in [6, 6.07) is 9.80. The quantitative estimate of drug-likeness (QED) is 0.789. The number of nitrogens with zero attached hydrogens (tertiary/aromatic N) is 1. The lowest BCUT2D eigenvalue weighted by atomic mass is 10.2. The van der Waals surface area contributed by atoms with Gasteiger partial charge in [0, 0.05) is 11.1 Å². The van der Waals surface area contributed by atoms with Crippen molar-refractivity contribution in [3.05, 3.63) is 36.5 Å². The highest BCUT2D eigenvalue weighted by molar-refractivity contribution is 8.00. The Bertz CT molecular complexity index is 464. The lowest BCUT2D eigenvalue weighted by molar-refractivity contribution is -0.115. The van der Waals surface area contributed by atoms with Crippen LogP contribution in [0, 0.1) is 0 Å². The number of hydrogen-bond donors (Lipinski definition) is 2. The Balaban J connectivity index is 2.08. The predicted molar refractivity (Wildman–Crippen MR) is 63.9 cm³/mol. The van der Waals surface area contributed by atoms with E-state index in [1.807, 2.05) is 30.3 Å². The zero-order valence-electron chi connectivity index (χ0n) is 8.51. The molecule has 2 rings (SSSR count). The fraction of sp³-hybridized carbons (Fsp3) is 0.0909. The molecule has 0 radical (unpaired) electrons. The number of nitrogens with one attached hydrogen (secondary N) is 1. The van der Waals surface area contributed by atoms with Crippen LogP contribution < -0.4 is 5.73 Å². The first-order valence-corrected chi connectivity index (χ1v) is 5.75. The molecule has 1 amide bonds. The number of amides is 1. The molecule has 0 unspecified atom stereocenters. The van der Waals surface area contributed by atoms with Gasteiger partial charge in [-0.05, 0) is 23.8 Å². The average Bonchev–Trinajstić information content (AvgIpc) is 2.80. The standard InChI is InChI=1S/C11H11N3OS/c12-11(15)7-16-9-3-1-8(2-4-9)10-5-6-13-14-10/h1-6H,7H2,(H2,12,15)(H,13,14). The van der Waals surface area contributed by atoms with E-state index in [0.717, 1.165) is 16.2 Å². The van der Waals surface area contributed by atoms with Gasteiger partial charge in [0.1, 0.15) is 0 Å². The number of thioether (sulfide) groups is 1. The number of primary amides is 1. The van der Waals surface area contributed by atoms with E-state index in [2.05, 4.69) is 10.2 Å². The maximum Gasteiger partial charge on any atom is 0.227 e. The van der Waals surface area contributed by atoms with Gasteiger partial charge in [-0.15, -0.1) is 11.8 Å². The third-order valence-corrected chi connectivity index (χ3v) is 3.08. The van der Waals surface area contributed by atoms with E-state index in [0.29, 0.717) is 5.75 Å². The Hall–Kier alpha value is -1.75. The molecular formula is C11H11N3OS. The first kappa shape index (κ1) is 10.8. The van der Waals surface area contributed by atoms with E-state index in [9.17, 15) is 4.79 Å². The van der Waals surface area contributed by atoms with Crippen LogP contribution >= 0.6 is 11.8 Å². The highest BCUT2D eigenvalue weighted by Crippen LogP contribution is 2.22. The zero-order valence-corrected chi connectivity index (χ0v) is 9.33. The van der Waals surface area contributed by atoms with E-state index in [4.69, 9.17) is 5.73 Å². The summed E-state index contributed by atoms with van der Waals surface area (Å²) in [5, 5.41) is 6.78. The minimum absolute atomic E-state index is 0.303. The second kappa shape index (κ2) is 4.85. The molecule has 3 N–H and O–H groups in total. The molecule has 1 aromatic heterocycles. The van der Waals surface area contributed by atoms with Crippen molar-refractivity contribution in [2.75, 3.05) is 5.75 Å². The van der Waals surface area contributed by atoms with E-state index in [1.165, 1.54) is 11.8 Å². The van der Waals surface area contributed by atoms with Crippen LogP contribution in [0.15, 0.2) is 41.4 Å². The lowest BCUT2D eigenvalue weighted by Gasteiger charge is -2.01. The molecule has 0 aliphatic heterocycles. The van der Waals surface area contributed by atoms with Crippen molar-refractivity contribution in [1.29, 1.82) is 0 Å². The highest BCUT2D eigenvalue weighted by Gasteiger charge is 2.00. The van der Waals surface area contributed by atoms with Crippen LogP contribution in [-0.4, -0.2) is 21.9 Å². The van der Waals surface area contributed by atoms with Crippen LogP contribution in [0.1, 0.15) is 0 Å². The fourth-order valence-corrected chi connectivity index (χ4v) is 1.94. The minimum Gasteiger partial charge on any atom is -0.369 e. The molecular weight excluding hydrogens is 222 g/mol. The van der Waals surface area contributed by atoms with Crippen molar-refractivity contribution >= 4 is 17.7 Å². The smallest absolute Gasteiger partial charge is 0.227 e. The van der Waals surface area contributed by atoms with E-state index in [1.54, 1.807) is 6.20 Å². The topological polar surface area (TPSA) is 71.8 Å². The monoisotopic (exact) mass is 233 g/mol. The molecule has 16 heavy (non-hydrogen) atoms. The Labute approximate surface area is 97.2 Å². The molecule has 5 heteroatoms. The largest absolute Gasteiger partial charge is 0.369 e. The third-order valence-electron chi connectivity index (χ3n) is 2.05. The normalized spacial score (nSPS) is 10.2. The number of aromatic amines is 1. The van der Waals surface area contributed by atoms with E-state index in [-0.39, 0.29) is 5.91 Å². The summed E-state index contributed by atoms with van der Waals surface area (Å²) in [6.07, 6.45) is 1.71. The van der Waals surface area contributed by atoms with Gasteiger partial charge in [0.15, 0.2) is 0 Å². The summed E-state index contributed by atoms with van der Waals surface area (Å²) in [5.41, 5.74) is 7.12. The summed E-state index contributed by atoms with van der Waals surface area (Å²) < 4.78 is 0. The van der Waals surface area contributed by atoms with Crippen molar-refractivity contribution < 1.29 is 4.79 Å². The van der Waals surface area contributed by atoms with Crippen molar-refractivity contribution in [3.63, 3.8) is 0 Å². The van der Waals surface area contributed by atoms with Crippen molar-refractivity contribution in [3.8, 4) is 11.3 Å². The summed E-state index contributed by atoms with van der Waals surface area (Å²) in [7, 11) is 0. The van der Waals surface area contributed by atoms with Gasteiger partial charge in [-0.1, -0.05) is 12.1 Å². The van der Waals surface area contributed by atoms with Crippen LogP contribution in [0.2, 0.25) is 0 Å². The van der Waals surface area contributed by atoms with Crippen LogP contribution in [0.25, 0.3) is 11.3 Å². The Morgan fingerprint density at radius 1 is 1.31 bits per heavy atom. The second-order valence-corrected chi connectivity index (χ2v) is 4.30. The van der Waals surface area contributed by atoms with Crippen molar-refractivity contribution in [1.82, 2.24) is 10.2 Å². The van der Waals surface area contributed by atoms with Gasteiger partial charge in [0.25, 0.3) is 0 Å². The summed E-state index contributed by atoms with van der Waals surface area (Å²) in [4.78, 5) is 11.6. The van der Waals surface area contributed by atoms with Gasteiger partial charge in [0.05, 0.1) is 11.4 Å².